The van der Waals surface area contributed by atoms with Gasteiger partial charge in [0.05, 0.1) is 0 Å². The van der Waals surface area contributed by atoms with Crippen LogP contribution in [0, 0.1) is 12.7 Å². The summed E-state index contributed by atoms with van der Waals surface area (Å²) in [4.78, 5) is 12.7. The maximum atomic E-state index is 13.9. The van der Waals surface area contributed by atoms with Crippen LogP contribution in [0.5, 0.6) is 0 Å². The van der Waals surface area contributed by atoms with Crippen LogP contribution in [0.1, 0.15) is 11.1 Å². The summed E-state index contributed by atoms with van der Waals surface area (Å²) in [5.74, 6) is -1.30. The van der Waals surface area contributed by atoms with Crippen molar-refractivity contribution in [2.75, 3.05) is 11.4 Å². The molecule has 0 saturated carbocycles. The minimum Gasteiger partial charge on any atom is -0.480 e. The van der Waals surface area contributed by atoms with Crippen molar-refractivity contribution in [3.63, 3.8) is 0 Å². The highest BCUT2D eigenvalue weighted by Gasteiger charge is 2.14. The molecule has 110 valence electrons. The maximum Gasteiger partial charge on any atom is 0.323 e. The molecule has 0 unspecified atom stereocenters. The maximum absolute atomic E-state index is 13.9. The molecule has 0 spiro atoms. The first-order valence-corrected chi connectivity index (χ1v) is 7.22. The van der Waals surface area contributed by atoms with E-state index in [4.69, 9.17) is 5.11 Å². The molecule has 2 rings (SSSR count). The molecule has 21 heavy (non-hydrogen) atoms. The minimum absolute atomic E-state index is 0.186. The smallest absolute Gasteiger partial charge is 0.323 e. The highest BCUT2D eigenvalue weighted by Crippen LogP contribution is 2.21. The third kappa shape index (κ3) is 4.29. The molecule has 0 bridgehead atoms. The summed E-state index contributed by atoms with van der Waals surface area (Å²) in [7, 11) is 0. The quantitative estimate of drug-likeness (QED) is 0.885. The third-order valence-electron chi connectivity index (χ3n) is 3.09. The van der Waals surface area contributed by atoms with E-state index in [-0.39, 0.29) is 18.9 Å². The Morgan fingerprint density at radius 1 is 1.24 bits per heavy atom. The molecular weight excluding hydrogens is 337 g/mol. The Morgan fingerprint density at radius 2 is 1.90 bits per heavy atom. The normalized spacial score (nSPS) is 10.4. The average Bonchev–Trinajstić information content (AvgIpc) is 2.42. The standard InChI is InChI=1S/C16H15BrFNO2/c1-11-2-5-14(6-3-11)19(10-16(20)21)9-12-8-13(17)4-7-15(12)18/h2-8H,9-10H2,1H3,(H,20,21). The van der Waals surface area contributed by atoms with Crippen molar-refractivity contribution in [2.24, 2.45) is 0 Å². The van der Waals surface area contributed by atoms with Gasteiger partial charge in [0.1, 0.15) is 12.4 Å². The van der Waals surface area contributed by atoms with Crippen LogP contribution in [0.15, 0.2) is 46.9 Å². The van der Waals surface area contributed by atoms with Gasteiger partial charge in [0, 0.05) is 22.3 Å². The van der Waals surface area contributed by atoms with E-state index in [1.54, 1.807) is 17.0 Å². The minimum atomic E-state index is -0.953. The lowest BCUT2D eigenvalue weighted by molar-refractivity contribution is -0.135. The summed E-state index contributed by atoms with van der Waals surface area (Å²) in [6.45, 7) is 1.97. The van der Waals surface area contributed by atoms with E-state index in [0.29, 0.717) is 5.56 Å². The largest absolute Gasteiger partial charge is 0.480 e. The fourth-order valence-corrected chi connectivity index (χ4v) is 2.44. The lowest BCUT2D eigenvalue weighted by atomic mass is 10.1. The molecule has 2 aromatic carbocycles. The number of rotatable bonds is 5. The van der Waals surface area contributed by atoms with E-state index in [9.17, 15) is 9.18 Å². The van der Waals surface area contributed by atoms with E-state index in [1.165, 1.54) is 6.07 Å². The number of hydrogen-bond donors (Lipinski definition) is 1. The number of aliphatic carboxylic acids is 1. The lowest BCUT2D eigenvalue weighted by Crippen LogP contribution is -2.29. The zero-order valence-corrected chi connectivity index (χ0v) is 13.1. The molecule has 5 heteroatoms. The van der Waals surface area contributed by atoms with Gasteiger partial charge in [-0.05, 0) is 37.3 Å². The summed E-state index contributed by atoms with van der Waals surface area (Å²) in [6, 6.07) is 12.1. The second kappa shape index (κ2) is 6.72. The van der Waals surface area contributed by atoms with Crippen molar-refractivity contribution in [3.8, 4) is 0 Å². The van der Waals surface area contributed by atoms with E-state index in [2.05, 4.69) is 15.9 Å². The predicted octanol–water partition coefficient (Wildman–Crippen LogP) is 3.99. The fraction of sp³-hybridized carbons (Fsp3) is 0.188. The zero-order valence-electron chi connectivity index (χ0n) is 11.5. The second-order valence-electron chi connectivity index (χ2n) is 4.82. The number of carboxylic acids is 1. The van der Waals surface area contributed by atoms with Gasteiger partial charge in [0.25, 0.3) is 0 Å². The molecule has 0 aliphatic rings. The first-order valence-electron chi connectivity index (χ1n) is 6.43. The Balaban J connectivity index is 2.30. The number of aryl methyl sites for hydroxylation is 1. The predicted molar refractivity (Wildman–Crippen MR) is 84.0 cm³/mol. The Hall–Kier alpha value is -1.88. The van der Waals surface area contributed by atoms with E-state index in [1.807, 2.05) is 31.2 Å². The van der Waals surface area contributed by atoms with Crippen molar-refractivity contribution in [1.82, 2.24) is 0 Å². The number of carboxylic acid groups (broad SMARTS) is 1. The summed E-state index contributed by atoms with van der Waals surface area (Å²) in [6.07, 6.45) is 0. The summed E-state index contributed by atoms with van der Waals surface area (Å²) < 4.78 is 14.6. The third-order valence-corrected chi connectivity index (χ3v) is 3.59. The molecule has 0 atom stereocenters. The highest BCUT2D eigenvalue weighted by atomic mass is 79.9. The van der Waals surface area contributed by atoms with Gasteiger partial charge in [0.2, 0.25) is 0 Å². The van der Waals surface area contributed by atoms with E-state index >= 15 is 0 Å². The number of halogens is 2. The molecule has 0 aliphatic heterocycles. The number of nitrogens with zero attached hydrogens (tertiary/aromatic N) is 1. The highest BCUT2D eigenvalue weighted by molar-refractivity contribution is 9.10. The molecule has 3 nitrogen and oxygen atoms in total. The SMILES string of the molecule is Cc1ccc(N(CC(=O)O)Cc2cc(Br)ccc2F)cc1. The first-order chi connectivity index (χ1) is 9.95. The first kappa shape index (κ1) is 15.5. The van der Waals surface area contributed by atoms with Crippen molar-refractivity contribution in [3.05, 3.63) is 63.9 Å². The van der Waals surface area contributed by atoms with Gasteiger partial charge < -0.3 is 10.0 Å². The van der Waals surface area contributed by atoms with Crippen LogP contribution < -0.4 is 4.90 Å². The van der Waals surface area contributed by atoms with Crippen molar-refractivity contribution < 1.29 is 14.3 Å². The van der Waals surface area contributed by atoms with Gasteiger partial charge >= 0.3 is 5.97 Å². The van der Waals surface area contributed by atoms with Crippen molar-refractivity contribution in [2.45, 2.75) is 13.5 Å². The van der Waals surface area contributed by atoms with Crippen LogP contribution in [0.3, 0.4) is 0 Å². The topological polar surface area (TPSA) is 40.5 Å². The molecule has 2 aromatic rings. The van der Waals surface area contributed by atoms with Crippen LogP contribution >= 0.6 is 15.9 Å². The van der Waals surface area contributed by atoms with Gasteiger partial charge in [0.15, 0.2) is 0 Å². The summed E-state index contributed by atoms with van der Waals surface area (Å²) >= 11 is 3.30. The Kier molecular flexibility index (Phi) is 4.96. The Bertz CT molecular complexity index is 643. The molecule has 0 amide bonds. The monoisotopic (exact) mass is 351 g/mol. The Morgan fingerprint density at radius 3 is 2.52 bits per heavy atom. The van der Waals surface area contributed by atoms with Crippen molar-refractivity contribution >= 4 is 27.6 Å². The number of hydrogen-bond acceptors (Lipinski definition) is 2. The fourth-order valence-electron chi connectivity index (χ4n) is 2.03. The number of benzene rings is 2. The second-order valence-corrected chi connectivity index (χ2v) is 5.74. The molecule has 0 fully saturated rings. The average molecular weight is 352 g/mol. The molecule has 0 aromatic heterocycles. The molecule has 1 N–H and O–H groups in total. The number of carbonyl (C=O) groups is 1. The van der Waals surface area contributed by atoms with E-state index < -0.39 is 5.97 Å². The van der Waals surface area contributed by atoms with Crippen LogP contribution in [0.25, 0.3) is 0 Å². The van der Waals surface area contributed by atoms with Gasteiger partial charge in [-0.1, -0.05) is 33.6 Å². The van der Waals surface area contributed by atoms with Crippen LogP contribution in [0.2, 0.25) is 0 Å². The van der Waals surface area contributed by atoms with Crippen LogP contribution in [-0.2, 0) is 11.3 Å². The molecule has 0 radical (unpaired) electrons. The van der Waals surface area contributed by atoms with E-state index in [0.717, 1.165) is 15.7 Å². The molecule has 0 heterocycles. The van der Waals surface area contributed by atoms with Crippen molar-refractivity contribution in [1.29, 1.82) is 0 Å². The summed E-state index contributed by atoms with van der Waals surface area (Å²) in [5.41, 5.74) is 2.29. The van der Waals surface area contributed by atoms with Gasteiger partial charge in [-0.3, -0.25) is 4.79 Å². The summed E-state index contributed by atoms with van der Waals surface area (Å²) in [5, 5.41) is 9.06. The molecule has 0 saturated heterocycles. The molecular formula is C16H15BrFNO2. The Labute approximate surface area is 131 Å². The van der Waals surface area contributed by atoms with Gasteiger partial charge in [-0.25, -0.2) is 4.39 Å². The van der Waals surface area contributed by atoms with Crippen LogP contribution in [0.4, 0.5) is 10.1 Å². The zero-order chi connectivity index (χ0) is 15.4. The van der Waals surface area contributed by atoms with Gasteiger partial charge in [-0.2, -0.15) is 0 Å². The van der Waals surface area contributed by atoms with Crippen LogP contribution in [-0.4, -0.2) is 17.6 Å². The lowest BCUT2D eigenvalue weighted by Gasteiger charge is -2.23. The van der Waals surface area contributed by atoms with Gasteiger partial charge in [-0.15, -0.1) is 0 Å². The molecule has 0 aliphatic carbocycles. The number of anilines is 1.